The van der Waals surface area contributed by atoms with Gasteiger partial charge in [0.1, 0.15) is 12.0 Å². The smallest absolute Gasteiger partial charge is 0.255 e. The summed E-state index contributed by atoms with van der Waals surface area (Å²) in [5, 5.41) is 2.79. The van der Waals surface area contributed by atoms with Crippen LogP contribution in [0.2, 0.25) is 0 Å². The van der Waals surface area contributed by atoms with Crippen LogP contribution in [-0.4, -0.2) is 19.3 Å². The molecule has 0 atom stereocenters. The molecule has 2 rings (SSSR count). The van der Waals surface area contributed by atoms with Crippen LogP contribution in [0.15, 0.2) is 42.5 Å². The first-order valence-electron chi connectivity index (χ1n) is 6.15. The lowest BCUT2D eigenvalue weighted by molar-refractivity contribution is 0.102. The Kier molecular flexibility index (Phi) is 4.15. The van der Waals surface area contributed by atoms with Crippen molar-refractivity contribution in [2.45, 2.75) is 6.92 Å². The molecule has 1 amide bonds. The second kappa shape index (κ2) is 6.02. The highest BCUT2D eigenvalue weighted by Gasteiger charge is 2.10. The van der Waals surface area contributed by atoms with E-state index in [1.165, 1.54) is 0 Å². The number of nitrogens with one attached hydrogen (secondary N) is 1. The summed E-state index contributed by atoms with van der Waals surface area (Å²) in [6.45, 7) is 1.85. The second-order valence-corrected chi connectivity index (χ2v) is 4.37. The molecule has 2 aromatic rings. The Hall–Kier alpha value is -2.62. The zero-order chi connectivity index (χ0) is 14.5. The van der Waals surface area contributed by atoms with Crippen LogP contribution in [0.4, 0.5) is 5.69 Å². The van der Waals surface area contributed by atoms with Crippen molar-refractivity contribution in [3.63, 3.8) is 0 Å². The van der Waals surface area contributed by atoms with E-state index >= 15 is 0 Å². The Morgan fingerprint density at radius 3 is 2.40 bits per heavy atom. The maximum absolute atomic E-state index is 12.2. The number of aldehydes is 1. The highest BCUT2D eigenvalue weighted by atomic mass is 16.5. The van der Waals surface area contributed by atoms with Gasteiger partial charge in [0.15, 0.2) is 0 Å². The van der Waals surface area contributed by atoms with Crippen LogP contribution < -0.4 is 10.1 Å². The zero-order valence-electron chi connectivity index (χ0n) is 11.3. The van der Waals surface area contributed by atoms with Gasteiger partial charge in [-0.1, -0.05) is 0 Å². The van der Waals surface area contributed by atoms with E-state index in [9.17, 15) is 9.59 Å². The minimum atomic E-state index is -0.191. The Balaban J connectivity index is 2.16. The molecule has 4 nitrogen and oxygen atoms in total. The molecule has 20 heavy (non-hydrogen) atoms. The molecule has 4 heteroatoms. The summed E-state index contributed by atoms with van der Waals surface area (Å²) < 4.78 is 5.11. The minimum absolute atomic E-state index is 0.191. The third-order valence-electron chi connectivity index (χ3n) is 2.98. The lowest BCUT2D eigenvalue weighted by Crippen LogP contribution is -2.13. The van der Waals surface area contributed by atoms with Crippen molar-refractivity contribution in [1.82, 2.24) is 0 Å². The minimum Gasteiger partial charge on any atom is -0.497 e. The predicted molar refractivity (Wildman–Crippen MR) is 77.5 cm³/mol. The van der Waals surface area contributed by atoms with Gasteiger partial charge in [0, 0.05) is 16.8 Å². The fourth-order valence-electron chi connectivity index (χ4n) is 1.86. The number of benzene rings is 2. The van der Waals surface area contributed by atoms with E-state index in [1.54, 1.807) is 43.5 Å². The Morgan fingerprint density at radius 2 is 1.85 bits per heavy atom. The molecule has 0 aliphatic heterocycles. The third-order valence-corrected chi connectivity index (χ3v) is 2.98. The number of carbonyl (C=O) groups excluding carboxylic acids is 2. The van der Waals surface area contributed by atoms with E-state index < -0.39 is 0 Å². The van der Waals surface area contributed by atoms with Crippen molar-refractivity contribution in [2.75, 3.05) is 12.4 Å². The van der Waals surface area contributed by atoms with Gasteiger partial charge in [-0.05, 0) is 55.0 Å². The Morgan fingerprint density at radius 1 is 1.15 bits per heavy atom. The number of ether oxygens (including phenoxy) is 1. The average Bonchev–Trinajstić information content (AvgIpc) is 2.47. The van der Waals surface area contributed by atoms with Crippen molar-refractivity contribution < 1.29 is 14.3 Å². The summed E-state index contributed by atoms with van der Waals surface area (Å²) in [5.41, 5.74) is 2.65. The number of aryl methyl sites for hydroxylation is 1. The molecular weight excluding hydrogens is 254 g/mol. The van der Waals surface area contributed by atoms with Crippen molar-refractivity contribution >= 4 is 17.9 Å². The van der Waals surface area contributed by atoms with Crippen molar-refractivity contribution in [1.29, 1.82) is 0 Å². The molecule has 1 N–H and O–H groups in total. The van der Waals surface area contributed by atoms with Gasteiger partial charge >= 0.3 is 0 Å². The summed E-state index contributed by atoms with van der Waals surface area (Å²) in [6.07, 6.45) is 0.763. The lowest BCUT2D eigenvalue weighted by Gasteiger charge is -2.09. The van der Waals surface area contributed by atoms with Gasteiger partial charge in [-0.15, -0.1) is 0 Å². The van der Waals surface area contributed by atoms with E-state index in [1.807, 2.05) is 13.0 Å². The third kappa shape index (κ3) is 3.03. The largest absolute Gasteiger partial charge is 0.497 e. The fourth-order valence-corrected chi connectivity index (χ4v) is 1.86. The number of anilines is 1. The normalized spacial score (nSPS) is 9.90. The van der Waals surface area contributed by atoms with Gasteiger partial charge in [0.25, 0.3) is 5.91 Å². The van der Waals surface area contributed by atoms with Gasteiger partial charge in [-0.2, -0.15) is 0 Å². The standard InChI is InChI=1S/C16H15NO3/c1-11-9-14(20-2)7-8-15(11)16(19)17-13-5-3-12(10-18)4-6-13/h3-10H,1-2H3,(H,17,19). The van der Waals surface area contributed by atoms with Crippen LogP contribution in [0, 0.1) is 6.92 Å². The van der Waals surface area contributed by atoms with Gasteiger partial charge in [0.2, 0.25) is 0 Å². The molecule has 0 bridgehead atoms. The number of hydrogen-bond acceptors (Lipinski definition) is 3. The molecule has 0 fully saturated rings. The van der Waals surface area contributed by atoms with Crippen LogP contribution in [0.5, 0.6) is 5.75 Å². The number of methoxy groups -OCH3 is 1. The van der Waals surface area contributed by atoms with Crippen LogP contribution in [-0.2, 0) is 0 Å². The van der Waals surface area contributed by atoms with Gasteiger partial charge in [-0.3, -0.25) is 9.59 Å². The molecule has 0 aliphatic rings. The molecule has 0 saturated heterocycles. The molecule has 2 aromatic carbocycles. The molecule has 0 spiro atoms. The maximum Gasteiger partial charge on any atom is 0.255 e. The lowest BCUT2D eigenvalue weighted by atomic mass is 10.1. The van der Waals surface area contributed by atoms with Crippen molar-refractivity contribution in [3.8, 4) is 5.75 Å². The quantitative estimate of drug-likeness (QED) is 0.868. The molecule has 102 valence electrons. The Labute approximate surface area is 117 Å². The van der Waals surface area contributed by atoms with Crippen molar-refractivity contribution in [3.05, 3.63) is 59.2 Å². The van der Waals surface area contributed by atoms with E-state index in [2.05, 4.69) is 5.32 Å². The van der Waals surface area contributed by atoms with E-state index in [0.717, 1.165) is 17.6 Å². The first-order chi connectivity index (χ1) is 9.63. The molecule has 0 aromatic heterocycles. The summed E-state index contributed by atoms with van der Waals surface area (Å²) in [4.78, 5) is 22.7. The summed E-state index contributed by atoms with van der Waals surface area (Å²) in [6, 6.07) is 12.0. The molecule has 0 saturated carbocycles. The SMILES string of the molecule is COc1ccc(C(=O)Nc2ccc(C=O)cc2)c(C)c1. The number of rotatable bonds is 4. The molecule has 0 radical (unpaired) electrons. The first-order valence-corrected chi connectivity index (χ1v) is 6.15. The highest BCUT2D eigenvalue weighted by Crippen LogP contribution is 2.18. The number of hydrogen-bond donors (Lipinski definition) is 1. The highest BCUT2D eigenvalue weighted by molar-refractivity contribution is 6.05. The van der Waals surface area contributed by atoms with Crippen molar-refractivity contribution in [2.24, 2.45) is 0 Å². The topological polar surface area (TPSA) is 55.4 Å². The maximum atomic E-state index is 12.2. The first kappa shape index (κ1) is 13.8. The average molecular weight is 269 g/mol. The van der Waals surface area contributed by atoms with Crippen LogP contribution in [0.1, 0.15) is 26.3 Å². The molecular formula is C16H15NO3. The van der Waals surface area contributed by atoms with E-state index in [4.69, 9.17) is 4.74 Å². The number of amides is 1. The molecule has 0 heterocycles. The summed E-state index contributed by atoms with van der Waals surface area (Å²) in [7, 11) is 1.59. The predicted octanol–water partition coefficient (Wildman–Crippen LogP) is 3.07. The molecule has 0 aliphatic carbocycles. The van der Waals surface area contributed by atoms with Gasteiger partial charge in [-0.25, -0.2) is 0 Å². The van der Waals surface area contributed by atoms with Crippen LogP contribution >= 0.6 is 0 Å². The summed E-state index contributed by atoms with van der Waals surface area (Å²) in [5.74, 6) is 0.526. The van der Waals surface area contributed by atoms with E-state index in [-0.39, 0.29) is 5.91 Å². The van der Waals surface area contributed by atoms with Crippen LogP contribution in [0.3, 0.4) is 0 Å². The van der Waals surface area contributed by atoms with Crippen LogP contribution in [0.25, 0.3) is 0 Å². The summed E-state index contributed by atoms with van der Waals surface area (Å²) >= 11 is 0. The zero-order valence-corrected chi connectivity index (χ0v) is 11.3. The number of carbonyl (C=O) groups is 2. The van der Waals surface area contributed by atoms with E-state index in [0.29, 0.717) is 16.8 Å². The molecule has 0 unspecified atom stereocenters. The van der Waals surface area contributed by atoms with Gasteiger partial charge < -0.3 is 10.1 Å². The Bertz CT molecular complexity index is 633. The van der Waals surface area contributed by atoms with Gasteiger partial charge in [0.05, 0.1) is 7.11 Å². The monoisotopic (exact) mass is 269 g/mol. The second-order valence-electron chi connectivity index (χ2n) is 4.37. The fraction of sp³-hybridized carbons (Fsp3) is 0.125.